The van der Waals surface area contributed by atoms with Gasteiger partial charge in [-0.1, -0.05) is 36.4 Å². The molecule has 1 aromatic carbocycles. The summed E-state index contributed by atoms with van der Waals surface area (Å²) < 4.78 is 0. The number of hydrogen-bond donors (Lipinski definition) is 1. The van der Waals surface area contributed by atoms with Crippen LogP contribution in [-0.2, 0) is 17.6 Å². The second-order valence-electron chi connectivity index (χ2n) is 7.23. The Hall–Kier alpha value is -2.40. The molecule has 0 radical (unpaired) electrons. The number of carbonyl (C=O) groups is 1. The molecule has 0 spiro atoms. The molecule has 1 fully saturated rings. The lowest BCUT2D eigenvalue weighted by molar-refractivity contribution is -0.132. The van der Waals surface area contributed by atoms with Crippen LogP contribution >= 0.6 is 11.3 Å². The number of piperidine rings is 1. The SMILES string of the molecule is O=C(CCc1cccs1)N1CCC[C@H](c2[nH]ncc2Cc2ccccc2)C1. The van der Waals surface area contributed by atoms with Crippen LogP contribution in [0.2, 0.25) is 0 Å². The third-order valence-corrected chi connectivity index (χ3v) is 6.27. The van der Waals surface area contributed by atoms with Crippen molar-refractivity contribution in [1.82, 2.24) is 15.1 Å². The monoisotopic (exact) mass is 379 g/mol. The second-order valence-corrected chi connectivity index (χ2v) is 8.26. The van der Waals surface area contributed by atoms with Crippen LogP contribution in [-0.4, -0.2) is 34.1 Å². The molecule has 3 aromatic rings. The van der Waals surface area contributed by atoms with E-state index in [0.717, 1.165) is 38.8 Å². The maximum atomic E-state index is 12.7. The summed E-state index contributed by atoms with van der Waals surface area (Å²) in [5, 5.41) is 9.60. The Morgan fingerprint density at radius 2 is 2.11 bits per heavy atom. The quantitative estimate of drug-likeness (QED) is 0.690. The van der Waals surface area contributed by atoms with Crippen LogP contribution in [0.25, 0.3) is 0 Å². The summed E-state index contributed by atoms with van der Waals surface area (Å²) in [5.41, 5.74) is 3.74. The van der Waals surface area contributed by atoms with Gasteiger partial charge in [0.25, 0.3) is 0 Å². The first-order valence-corrected chi connectivity index (χ1v) is 10.5. The number of benzene rings is 1. The summed E-state index contributed by atoms with van der Waals surface area (Å²) in [5.74, 6) is 0.628. The molecule has 0 saturated carbocycles. The summed E-state index contributed by atoms with van der Waals surface area (Å²) >= 11 is 1.73. The number of amides is 1. The van der Waals surface area contributed by atoms with E-state index in [9.17, 15) is 4.79 Å². The van der Waals surface area contributed by atoms with E-state index in [-0.39, 0.29) is 5.91 Å². The van der Waals surface area contributed by atoms with E-state index in [4.69, 9.17) is 0 Å². The molecule has 1 saturated heterocycles. The maximum Gasteiger partial charge on any atom is 0.222 e. The van der Waals surface area contributed by atoms with Crippen molar-refractivity contribution in [3.05, 3.63) is 75.7 Å². The summed E-state index contributed by atoms with van der Waals surface area (Å²) in [6, 6.07) is 14.6. The van der Waals surface area contributed by atoms with Crippen LogP contribution < -0.4 is 0 Å². The van der Waals surface area contributed by atoms with Gasteiger partial charge in [-0.2, -0.15) is 5.10 Å². The molecule has 5 heteroatoms. The maximum absolute atomic E-state index is 12.7. The highest BCUT2D eigenvalue weighted by Crippen LogP contribution is 2.29. The molecule has 2 aromatic heterocycles. The van der Waals surface area contributed by atoms with E-state index < -0.39 is 0 Å². The zero-order valence-corrected chi connectivity index (χ0v) is 16.3. The Morgan fingerprint density at radius 1 is 1.22 bits per heavy atom. The number of aromatic amines is 1. The zero-order valence-electron chi connectivity index (χ0n) is 15.4. The smallest absolute Gasteiger partial charge is 0.222 e. The van der Waals surface area contributed by atoms with E-state index in [2.05, 4.69) is 50.8 Å². The molecule has 1 amide bonds. The fraction of sp³-hybridized carbons (Fsp3) is 0.364. The normalized spacial score (nSPS) is 17.2. The molecule has 27 heavy (non-hydrogen) atoms. The molecule has 4 rings (SSSR count). The standard InChI is InChI=1S/C22H25N3OS/c26-21(11-10-20-9-5-13-27-20)25-12-4-8-18(16-25)22-19(15-23-24-22)14-17-6-2-1-3-7-17/h1-3,5-7,9,13,15,18H,4,8,10-12,14,16H2,(H,23,24)/t18-/m0/s1. The van der Waals surface area contributed by atoms with Crippen LogP contribution in [0.15, 0.2) is 54.0 Å². The first kappa shape index (κ1) is 18.0. The number of rotatable bonds is 6. The number of H-pyrrole nitrogens is 1. The number of hydrogen-bond acceptors (Lipinski definition) is 3. The number of nitrogens with one attached hydrogen (secondary N) is 1. The van der Waals surface area contributed by atoms with Gasteiger partial charge in [0, 0.05) is 42.4 Å². The minimum atomic E-state index is 0.275. The van der Waals surface area contributed by atoms with Crippen molar-refractivity contribution in [1.29, 1.82) is 0 Å². The van der Waals surface area contributed by atoms with Crippen LogP contribution in [0.4, 0.5) is 0 Å². The van der Waals surface area contributed by atoms with Gasteiger partial charge >= 0.3 is 0 Å². The van der Waals surface area contributed by atoms with Crippen LogP contribution in [0, 0.1) is 0 Å². The van der Waals surface area contributed by atoms with Gasteiger partial charge in [0.2, 0.25) is 5.91 Å². The molecular weight excluding hydrogens is 354 g/mol. The van der Waals surface area contributed by atoms with Crippen molar-refractivity contribution in [3.63, 3.8) is 0 Å². The van der Waals surface area contributed by atoms with E-state index in [1.165, 1.54) is 21.7 Å². The topological polar surface area (TPSA) is 49.0 Å². The molecule has 1 aliphatic rings. The van der Waals surface area contributed by atoms with Gasteiger partial charge < -0.3 is 4.90 Å². The minimum absolute atomic E-state index is 0.275. The van der Waals surface area contributed by atoms with Gasteiger partial charge in [-0.05, 0) is 41.8 Å². The molecule has 0 unspecified atom stereocenters. The Morgan fingerprint density at radius 3 is 2.93 bits per heavy atom. The highest BCUT2D eigenvalue weighted by molar-refractivity contribution is 7.09. The first-order valence-electron chi connectivity index (χ1n) is 9.66. The number of aryl methyl sites for hydroxylation is 1. The molecule has 0 bridgehead atoms. The van der Waals surface area contributed by atoms with Gasteiger partial charge in [0.15, 0.2) is 0 Å². The highest BCUT2D eigenvalue weighted by atomic mass is 32.1. The van der Waals surface area contributed by atoms with Crippen molar-refractivity contribution in [2.24, 2.45) is 0 Å². The minimum Gasteiger partial charge on any atom is -0.342 e. The summed E-state index contributed by atoms with van der Waals surface area (Å²) in [6.07, 6.45) is 6.45. The molecule has 3 heterocycles. The average Bonchev–Trinajstić information content (AvgIpc) is 3.39. The number of thiophene rings is 1. The lowest BCUT2D eigenvalue weighted by atomic mass is 9.90. The van der Waals surface area contributed by atoms with Gasteiger partial charge in [0.1, 0.15) is 0 Å². The summed E-state index contributed by atoms with van der Waals surface area (Å²) in [7, 11) is 0. The number of carbonyl (C=O) groups excluding carboxylic acids is 1. The van der Waals surface area contributed by atoms with E-state index in [0.29, 0.717) is 12.3 Å². The van der Waals surface area contributed by atoms with Crippen LogP contribution in [0.3, 0.4) is 0 Å². The van der Waals surface area contributed by atoms with Crippen LogP contribution in [0.1, 0.15) is 46.9 Å². The zero-order chi connectivity index (χ0) is 18.5. The van der Waals surface area contributed by atoms with E-state index >= 15 is 0 Å². The lowest BCUT2D eigenvalue weighted by Crippen LogP contribution is -2.39. The predicted molar refractivity (Wildman–Crippen MR) is 109 cm³/mol. The molecule has 4 nitrogen and oxygen atoms in total. The summed E-state index contributed by atoms with van der Waals surface area (Å²) in [4.78, 5) is 16.0. The van der Waals surface area contributed by atoms with Crippen molar-refractivity contribution in [3.8, 4) is 0 Å². The van der Waals surface area contributed by atoms with Crippen molar-refractivity contribution in [2.75, 3.05) is 13.1 Å². The number of nitrogens with zero attached hydrogens (tertiary/aromatic N) is 2. The van der Waals surface area contributed by atoms with Gasteiger partial charge in [-0.25, -0.2) is 0 Å². The summed E-state index contributed by atoms with van der Waals surface area (Å²) in [6.45, 7) is 1.68. The predicted octanol–water partition coefficient (Wildman–Crippen LogP) is 4.40. The molecule has 1 N–H and O–H groups in total. The highest BCUT2D eigenvalue weighted by Gasteiger charge is 2.27. The number of likely N-dealkylation sites (tertiary alicyclic amines) is 1. The fourth-order valence-electron chi connectivity index (χ4n) is 3.91. The van der Waals surface area contributed by atoms with Gasteiger partial charge in [-0.15, -0.1) is 11.3 Å². The van der Waals surface area contributed by atoms with Crippen LogP contribution in [0.5, 0.6) is 0 Å². The second kappa shape index (κ2) is 8.53. The van der Waals surface area contributed by atoms with Crippen molar-refractivity contribution >= 4 is 17.2 Å². The molecule has 140 valence electrons. The largest absolute Gasteiger partial charge is 0.342 e. The van der Waals surface area contributed by atoms with Gasteiger partial charge in [-0.3, -0.25) is 9.89 Å². The Kier molecular flexibility index (Phi) is 5.68. The first-order chi connectivity index (χ1) is 13.3. The Labute approximate surface area is 164 Å². The third kappa shape index (κ3) is 4.48. The van der Waals surface area contributed by atoms with Gasteiger partial charge in [0.05, 0.1) is 6.20 Å². The fourth-order valence-corrected chi connectivity index (χ4v) is 4.62. The molecular formula is C22H25N3OS. The van der Waals surface area contributed by atoms with E-state index in [1.807, 2.05) is 18.3 Å². The van der Waals surface area contributed by atoms with E-state index in [1.54, 1.807) is 11.3 Å². The Balaban J connectivity index is 1.40. The van der Waals surface area contributed by atoms with Crippen molar-refractivity contribution in [2.45, 2.75) is 38.0 Å². The average molecular weight is 380 g/mol. The molecule has 1 aliphatic heterocycles. The lowest BCUT2D eigenvalue weighted by Gasteiger charge is -2.33. The van der Waals surface area contributed by atoms with Crippen molar-refractivity contribution < 1.29 is 4.79 Å². The molecule has 1 atom stereocenters. The Bertz CT molecular complexity index is 857. The molecule has 0 aliphatic carbocycles. The third-order valence-electron chi connectivity index (χ3n) is 5.34. The number of aromatic nitrogens is 2.